The van der Waals surface area contributed by atoms with E-state index in [9.17, 15) is 8.42 Å². The lowest BCUT2D eigenvalue weighted by atomic mass is 9.96. The van der Waals surface area contributed by atoms with Crippen LogP contribution in [0.1, 0.15) is 141 Å². The molecule has 0 amide bonds. The van der Waals surface area contributed by atoms with Gasteiger partial charge in [0.25, 0.3) is 10.1 Å². The van der Waals surface area contributed by atoms with E-state index in [2.05, 4.69) is 83.7 Å². The van der Waals surface area contributed by atoms with Crippen molar-refractivity contribution in [3.05, 3.63) is 50.6 Å². The molecule has 10 nitrogen and oxygen atoms in total. The number of hydrogen-bond acceptors (Lipinski definition) is 7. The van der Waals surface area contributed by atoms with Gasteiger partial charge in [-0.05, 0) is 117 Å². The third-order valence-corrected chi connectivity index (χ3v) is 11.1. The number of aromatic nitrogens is 6. The van der Waals surface area contributed by atoms with E-state index in [1.807, 2.05) is 24.4 Å². The van der Waals surface area contributed by atoms with Crippen molar-refractivity contribution in [2.75, 3.05) is 6.26 Å². The summed E-state index contributed by atoms with van der Waals surface area (Å²) < 4.78 is 33.4. The van der Waals surface area contributed by atoms with Gasteiger partial charge in [0, 0.05) is 12.4 Å². The van der Waals surface area contributed by atoms with Gasteiger partial charge in [0.1, 0.15) is 13.8 Å². The van der Waals surface area contributed by atoms with Gasteiger partial charge in [0.15, 0.2) is 0 Å². The molecule has 0 aromatic carbocycles. The Kier molecular flexibility index (Phi) is 20.2. The van der Waals surface area contributed by atoms with E-state index < -0.39 is 10.1 Å². The number of rotatable bonds is 4. The van der Waals surface area contributed by atoms with Crippen molar-refractivity contribution in [2.24, 2.45) is 0 Å². The first-order chi connectivity index (χ1) is 23.1. The van der Waals surface area contributed by atoms with E-state index in [0.717, 1.165) is 58.6 Å². The maximum atomic E-state index is 10.7. The highest BCUT2D eigenvalue weighted by molar-refractivity contribution is 9.11. The summed E-state index contributed by atoms with van der Waals surface area (Å²) in [5.41, 5.74) is 0. The van der Waals surface area contributed by atoms with Gasteiger partial charge in [0.05, 0.1) is 36.7 Å². The molecule has 4 aliphatic carbocycles. The Morgan fingerprint density at radius 3 is 1.67 bits per heavy atom. The van der Waals surface area contributed by atoms with Crippen LogP contribution in [-0.2, 0) is 14.3 Å². The largest absolute Gasteiger partial charge is 0.393 e. The molecule has 0 spiro atoms. The molecule has 0 atom stereocenters. The number of aromatic amines is 1. The number of halogens is 3. The minimum Gasteiger partial charge on any atom is -0.393 e. The summed E-state index contributed by atoms with van der Waals surface area (Å²) in [7, 11) is -3.22. The minimum atomic E-state index is -3.22. The number of nitrogens with zero attached hydrogens (tertiary/aromatic N) is 5. The Morgan fingerprint density at radius 2 is 1.29 bits per heavy atom. The second kappa shape index (κ2) is 23.4. The lowest BCUT2D eigenvalue weighted by Gasteiger charge is -2.22. The summed E-state index contributed by atoms with van der Waals surface area (Å²) in [5, 5.41) is 23.9. The first-order valence-electron chi connectivity index (χ1n) is 17.7. The SMILES string of the molecule is Brc1ccn(C2CCCCC2)n1.Brc1ccn[nH]1.Brc1ccnn1C1CCCCC1.CS(=O)(=O)OC1CCCCC1.OC1CCCCC1. The molecule has 48 heavy (non-hydrogen) atoms. The highest BCUT2D eigenvalue weighted by Crippen LogP contribution is 2.30. The maximum absolute atomic E-state index is 10.7. The van der Waals surface area contributed by atoms with Gasteiger partial charge >= 0.3 is 0 Å². The molecule has 4 aliphatic rings. The molecule has 4 fully saturated rings. The minimum absolute atomic E-state index is 0.0359. The molecule has 3 heterocycles. The lowest BCUT2D eigenvalue weighted by molar-refractivity contribution is 0.130. The van der Waals surface area contributed by atoms with Gasteiger partial charge in [-0.1, -0.05) is 77.0 Å². The Morgan fingerprint density at radius 1 is 0.750 bits per heavy atom. The van der Waals surface area contributed by atoms with Gasteiger partial charge in [-0.25, -0.2) is 0 Å². The number of H-pyrrole nitrogens is 1. The summed E-state index contributed by atoms with van der Waals surface area (Å²) in [4.78, 5) is 0. The van der Waals surface area contributed by atoms with Gasteiger partial charge in [-0.3, -0.25) is 18.6 Å². The van der Waals surface area contributed by atoms with Crippen LogP contribution in [0.25, 0.3) is 0 Å². The molecule has 272 valence electrons. The second-order valence-electron chi connectivity index (χ2n) is 13.1. The maximum Gasteiger partial charge on any atom is 0.264 e. The van der Waals surface area contributed by atoms with Crippen LogP contribution in [0.5, 0.6) is 0 Å². The molecular formula is C34H55Br3N6O4S. The molecule has 0 aliphatic heterocycles. The van der Waals surface area contributed by atoms with Crippen molar-refractivity contribution < 1.29 is 17.7 Å². The van der Waals surface area contributed by atoms with Gasteiger partial charge < -0.3 is 5.11 Å². The topological polar surface area (TPSA) is 128 Å². The molecule has 3 aromatic rings. The van der Waals surface area contributed by atoms with Crippen molar-refractivity contribution in [2.45, 2.75) is 153 Å². The van der Waals surface area contributed by atoms with Crippen LogP contribution in [0.3, 0.4) is 0 Å². The number of aliphatic hydroxyl groups excluding tert-OH is 1. The third-order valence-electron chi connectivity index (χ3n) is 8.97. The van der Waals surface area contributed by atoms with E-state index in [4.69, 9.17) is 9.29 Å². The Bertz CT molecular complexity index is 1330. The van der Waals surface area contributed by atoms with E-state index in [1.165, 1.54) is 89.9 Å². The molecule has 3 aromatic heterocycles. The van der Waals surface area contributed by atoms with E-state index in [0.29, 0.717) is 12.1 Å². The monoisotopic (exact) mass is 880 g/mol. The zero-order chi connectivity index (χ0) is 34.6. The molecule has 7 rings (SSSR count). The molecule has 0 unspecified atom stereocenters. The third kappa shape index (κ3) is 17.7. The summed E-state index contributed by atoms with van der Waals surface area (Å²) in [6.07, 6.45) is 31.2. The van der Waals surface area contributed by atoms with Crippen LogP contribution in [-0.4, -0.2) is 61.7 Å². The van der Waals surface area contributed by atoms with Crippen LogP contribution in [0.4, 0.5) is 0 Å². The summed E-state index contributed by atoms with van der Waals surface area (Å²) in [6.45, 7) is 0. The van der Waals surface area contributed by atoms with Gasteiger partial charge in [-0.15, -0.1) is 0 Å². The molecule has 14 heteroatoms. The standard InChI is InChI=1S/2C9H13BrN2.C7H14O3S.C6H12O.C3H3BrN2/c10-9-6-7-12(11-9)8-4-2-1-3-5-8;10-9-6-7-11-12(9)8-4-2-1-3-5-8;1-11(8,9)10-7-5-3-2-4-6-7;7-6-4-2-1-3-5-6;4-3-1-2-5-6-3/h2*6-8H,1-5H2;7H,2-6H2,1H3;6-7H,1-5H2;1-2H,(H,5,6). The number of nitrogens with one attached hydrogen (secondary N) is 1. The number of aliphatic hydroxyl groups is 1. The molecule has 2 N–H and O–H groups in total. The number of hydrogen-bond donors (Lipinski definition) is 2. The summed E-state index contributed by atoms with van der Waals surface area (Å²) in [5.74, 6) is 0. The quantitative estimate of drug-likeness (QED) is 0.250. The molecule has 0 bridgehead atoms. The van der Waals surface area contributed by atoms with Crippen LogP contribution in [0.15, 0.2) is 50.6 Å². The zero-order valence-corrected chi connectivity index (χ0v) is 33.9. The normalized spacial score (nSPS) is 19.7. The van der Waals surface area contributed by atoms with Crippen LogP contribution < -0.4 is 0 Å². The van der Waals surface area contributed by atoms with E-state index >= 15 is 0 Å². The molecule has 0 radical (unpaired) electrons. The summed E-state index contributed by atoms with van der Waals surface area (Å²) in [6, 6.07) is 7.15. The first-order valence-corrected chi connectivity index (χ1v) is 21.9. The van der Waals surface area contributed by atoms with Crippen molar-refractivity contribution in [3.63, 3.8) is 0 Å². The van der Waals surface area contributed by atoms with Crippen LogP contribution in [0, 0.1) is 0 Å². The molecular weight excluding hydrogens is 828 g/mol. The summed E-state index contributed by atoms with van der Waals surface area (Å²) >= 11 is 10.0. The van der Waals surface area contributed by atoms with Crippen molar-refractivity contribution in [3.8, 4) is 0 Å². The fourth-order valence-corrected chi connectivity index (χ4v) is 8.19. The fraction of sp³-hybridized carbons (Fsp3) is 0.735. The van der Waals surface area contributed by atoms with Crippen LogP contribution in [0.2, 0.25) is 0 Å². The fourth-order valence-electron chi connectivity index (χ4n) is 6.48. The lowest BCUT2D eigenvalue weighted by Crippen LogP contribution is -2.20. The van der Waals surface area contributed by atoms with Crippen molar-refractivity contribution in [1.82, 2.24) is 29.8 Å². The van der Waals surface area contributed by atoms with E-state index in [-0.39, 0.29) is 12.2 Å². The van der Waals surface area contributed by atoms with Crippen molar-refractivity contribution >= 4 is 57.9 Å². The Labute approximate surface area is 313 Å². The average Bonchev–Trinajstić information content (AvgIpc) is 3.86. The predicted octanol–water partition coefficient (Wildman–Crippen LogP) is 10.1. The van der Waals surface area contributed by atoms with Crippen molar-refractivity contribution in [1.29, 1.82) is 0 Å². The first kappa shape index (κ1) is 41.4. The van der Waals surface area contributed by atoms with E-state index in [1.54, 1.807) is 6.20 Å². The predicted molar refractivity (Wildman–Crippen MR) is 202 cm³/mol. The highest BCUT2D eigenvalue weighted by Gasteiger charge is 2.19. The molecule has 4 saturated carbocycles. The average molecular weight is 884 g/mol. The second-order valence-corrected chi connectivity index (χ2v) is 17.1. The Hall–Kier alpha value is -1.06. The molecule has 0 saturated heterocycles. The highest BCUT2D eigenvalue weighted by atomic mass is 79.9. The van der Waals surface area contributed by atoms with Crippen LogP contribution >= 0.6 is 47.8 Å². The Balaban J connectivity index is 0.000000167. The zero-order valence-electron chi connectivity index (χ0n) is 28.4. The van der Waals surface area contributed by atoms with Gasteiger partial charge in [0.2, 0.25) is 0 Å². The smallest absolute Gasteiger partial charge is 0.264 e. The van der Waals surface area contributed by atoms with Gasteiger partial charge in [-0.2, -0.15) is 23.7 Å².